The second-order valence-corrected chi connectivity index (χ2v) is 8.09. The van der Waals surface area contributed by atoms with E-state index in [-0.39, 0.29) is 28.4 Å². The van der Waals surface area contributed by atoms with Crippen molar-refractivity contribution in [2.45, 2.75) is 40.7 Å². The van der Waals surface area contributed by atoms with Gasteiger partial charge in [0.2, 0.25) is 5.91 Å². The maximum atomic E-state index is 13.0. The van der Waals surface area contributed by atoms with Gasteiger partial charge < -0.3 is 15.0 Å². The molecular weight excluding hydrogens is 419 g/mol. The number of rotatable bonds is 8. The maximum absolute atomic E-state index is 13.0. The first kappa shape index (κ1) is 24.3. The third-order valence-electron chi connectivity index (χ3n) is 4.47. The third-order valence-corrected chi connectivity index (χ3v) is 5.67. The predicted octanol–water partition coefficient (Wildman–Crippen LogP) is 4.89. The lowest BCUT2D eigenvalue weighted by Gasteiger charge is -2.18. The second kappa shape index (κ2) is 10.9. The van der Waals surface area contributed by atoms with E-state index in [0.717, 1.165) is 11.3 Å². The zero-order valence-corrected chi connectivity index (χ0v) is 19.1. The Labute approximate surface area is 185 Å². The molecule has 1 aromatic carbocycles. The van der Waals surface area contributed by atoms with Crippen LogP contribution in [0.3, 0.4) is 0 Å². The van der Waals surface area contributed by atoms with Crippen LogP contribution in [-0.2, 0) is 9.53 Å². The first-order chi connectivity index (χ1) is 14.7. The molecule has 0 atom stereocenters. The molecule has 0 radical (unpaired) electrons. The number of nitrogens with one attached hydrogen (secondary N) is 1. The molecule has 0 fully saturated rings. The summed E-state index contributed by atoms with van der Waals surface area (Å²) < 4.78 is 18.3. The zero-order valence-electron chi connectivity index (χ0n) is 18.3. The normalized spacial score (nSPS) is 11.1. The molecule has 0 unspecified atom stereocenters. The Bertz CT molecular complexity index is 976. The van der Waals surface area contributed by atoms with E-state index in [9.17, 15) is 18.8 Å². The summed E-state index contributed by atoms with van der Waals surface area (Å²) in [7, 11) is 0. The molecule has 2 amide bonds. The van der Waals surface area contributed by atoms with Crippen LogP contribution < -0.4 is 5.32 Å². The highest BCUT2D eigenvalue weighted by molar-refractivity contribution is 7.18. The number of hydrogen-bond acceptors (Lipinski definition) is 5. The van der Waals surface area contributed by atoms with Crippen LogP contribution in [0.25, 0.3) is 6.08 Å². The first-order valence-corrected chi connectivity index (χ1v) is 10.9. The molecule has 166 valence electrons. The van der Waals surface area contributed by atoms with Crippen LogP contribution in [0.4, 0.5) is 9.39 Å². The summed E-state index contributed by atoms with van der Waals surface area (Å²) in [5.41, 5.74) is 1.30. The molecule has 0 aliphatic heterocycles. The van der Waals surface area contributed by atoms with Gasteiger partial charge in [0.25, 0.3) is 5.91 Å². The van der Waals surface area contributed by atoms with Crippen LogP contribution in [0.5, 0.6) is 0 Å². The number of carbonyl (C=O) groups excluding carboxylic acids is 3. The van der Waals surface area contributed by atoms with Gasteiger partial charge in [-0.25, -0.2) is 9.18 Å². The summed E-state index contributed by atoms with van der Waals surface area (Å²) in [4.78, 5) is 40.1. The van der Waals surface area contributed by atoms with Crippen LogP contribution in [0.2, 0.25) is 0 Å². The molecule has 0 aliphatic carbocycles. The predicted molar refractivity (Wildman–Crippen MR) is 121 cm³/mol. The number of nitrogens with zero attached hydrogens (tertiary/aromatic N) is 1. The minimum atomic E-state index is -0.597. The highest BCUT2D eigenvalue weighted by Crippen LogP contribution is 2.35. The molecule has 0 aliphatic rings. The third kappa shape index (κ3) is 6.24. The Morgan fingerprint density at radius 3 is 2.32 bits per heavy atom. The van der Waals surface area contributed by atoms with Crippen LogP contribution in [-0.4, -0.2) is 41.9 Å². The molecule has 31 heavy (non-hydrogen) atoms. The number of carbonyl (C=O) groups is 3. The Morgan fingerprint density at radius 2 is 1.77 bits per heavy atom. The lowest BCUT2D eigenvalue weighted by atomic mass is 10.1. The lowest BCUT2D eigenvalue weighted by Crippen LogP contribution is -2.30. The largest absolute Gasteiger partial charge is 0.459 e. The van der Waals surface area contributed by atoms with E-state index in [1.807, 2.05) is 13.8 Å². The van der Waals surface area contributed by atoms with Crippen molar-refractivity contribution in [1.29, 1.82) is 0 Å². The van der Waals surface area contributed by atoms with Gasteiger partial charge in [-0.05, 0) is 64.0 Å². The molecule has 0 saturated heterocycles. The van der Waals surface area contributed by atoms with E-state index < -0.39 is 11.9 Å². The van der Waals surface area contributed by atoms with Crippen LogP contribution >= 0.6 is 11.3 Å². The number of esters is 1. The number of halogens is 1. The summed E-state index contributed by atoms with van der Waals surface area (Å²) >= 11 is 1.05. The Morgan fingerprint density at radius 1 is 1.16 bits per heavy atom. The molecule has 1 heterocycles. The Kier molecular flexibility index (Phi) is 8.50. The van der Waals surface area contributed by atoms with E-state index >= 15 is 0 Å². The van der Waals surface area contributed by atoms with Gasteiger partial charge in [0.05, 0.1) is 16.5 Å². The summed E-state index contributed by atoms with van der Waals surface area (Å²) in [6, 6.07) is 5.68. The van der Waals surface area contributed by atoms with Crippen molar-refractivity contribution in [3.63, 3.8) is 0 Å². The molecule has 0 saturated carbocycles. The van der Waals surface area contributed by atoms with E-state index in [2.05, 4.69) is 5.32 Å². The SMILES string of the molecule is CCN(CC)C(=O)c1sc(NC(=O)C=Cc2ccc(F)cc2)c(C(=O)OC(C)C)c1C. The molecule has 1 aromatic heterocycles. The van der Waals surface area contributed by atoms with Crippen molar-refractivity contribution in [3.05, 3.63) is 57.7 Å². The topological polar surface area (TPSA) is 75.7 Å². The van der Waals surface area contributed by atoms with Gasteiger partial charge in [0, 0.05) is 19.2 Å². The highest BCUT2D eigenvalue weighted by Gasteiger charge is 2.28. The molecule has 6 nitrogen and oxygen atoms in total. The summed E-state index contributed by atoms with van der Waals surface area (Å²) in [5.74, 6) is -1.64. The minimum Gasteiger partial charge on any atom is -0.459 e. The molecule has 2 rings (SSSR count). The molecule has 2 aromatic rings. The summed E-state index contributed by atoms with van der Waals surface area (Å²) in [5, 5.41) is 2.94. The molecule has 8 heteroatoms. The summed E-state index contributed by atoms with van der Waals surface area (Å²) in [6.45, 7) is 9.94. The Balaban J connectivity index is 2.36. The monoisotopic (exact) mass is 446 g/mol. The first-order valence-electron chi connectivity index (χ1n) is 10.1. The van der Waals surface area contributed by atoms with Crippen molar-refractivity contribution in [2.24, 2.45) is 0 Å². The van der Waals surface area contributed by atoms with Crippen LogP contribution in [0.1, 0.15) is 58.9 Å². The molecule has 1 N–H and O–H groups in total. The van der Waals surface area contributed by atoms with Gasteiger partial charge in [-0.3, -0.25) is 9.59 Å². The van der Waals surface area contributed by atoms with Crippen LogP contribution in [0, 0.1) is 12.7 Å². The Hall–Kier alpha value is -3.00. The second-order valence-electron chi connectivity index (χ2n) is 7.07. The maximum Gasteiger partial charge on any atom is 0.341 e. The summed E-state index contributed by atoms with van der Waals surface area (Å²) in [6.07, 6.45) is 2.46. The number of thiophene rings is 1. The molecular formula is C23H27FN2O4S. The van der Waals surface area contributed by atoms with Gasteiger partial charge in [-0.2, -0.15) is 0 Å². The number of ether oxygens (including phenoxy) is 1. The standard InChI is InChI=1S/C23H27FN2O4S/c1-6-26(7-2)22(28)20-15(5)19(23(29)30-14(3)4)21(31-20)25-18(27)13-10-16-8-11-17(24)12-9-16/h8-14H,6-7H2,1-5H3,(H,25,27). The van der Waals surface area contributed by atoms with Crippen molar-refractivity contribution in [2.75, 3.05) is 18.4 Å². The minimum absolute atomic E-state index is 0.178. The zero-order chi connectivity index (χ0) is 23.1. The lowest BCUT2D eigenvalue weighted by molar-refractivity contribution is -0.111. The number of benzene rings is 1. The fourth-order valence-electron chi connectivity index (χ4n) is 2.88. The van der Waals surface area contributed by atoms with E-state index in [1.165, 1.54) is 24.3 Å². The fourth-order valence-corrected chi connectivity index (χ4v) is 4.04. The molecule has 0 spiro atoms. The quantitative estimate of drug-likeness (QED) is 0.463. The fraction of sp³-hybridized carbons (Fsp3) is 0.348. The smallest absolute Gasteiger partial charge is 0.341 e. The van der Waals surface area contributed by atoms with Gasteiger partial charge >= 0.3 is 5.97 Å². The number of anilines is 1. The van der Waals surface area contributed by atoms with E-state index in [0.29, 0.717) is 29.1 Å². The van der Waals surface area contributed by atoms with Crippen molar-refractivity contribution in [3.8, 4) is 0 Å². The van der Waals surface area contributed by atoms with Crippen LogP contribution in [0.15, 0.2) is 30.3 Å². The highest BCUT2D eigenvalue weighted by atomic mass is 32.1. The van der Waals surface area contributed by atoms with Crippen molar-refractivity contribution < 1.29 is 23.5 Å². The number of hydrogen-bond donors (Lipinski definition) is 1. The number of amides is 2. The average molecular weight is 447 g/mol. The van der Waals surface area contributed by atoms with Gasteiger partial charge in [-0.1, -0.05) is 12.1 Å². The van der Waals surface area contributed by atoms with E-state index in [1.54, 1.807) is 37.8 Å². The van der Waals surface area contributed by atoms with Crippen molar-refractivity contribution >= 4 is 40.2 Å². The van der Waals surface area contributed by atoms with E-state index in [4.69, 9.17) is 4.74 Å². The van der Waals surface area contributed by atoms with Gasteiger partial charge in [0.15, 0.2) is 0 Å². The van der Waals surface area contributed by atoms with Gasteiger partial charge in [-0.15, -0.1) is 11.3 Å². The average Bonchev–Trinajstić information content (AvgIpc) is 3.03. The van der Waals surface area contributed by atoms with Gasteiger partial charge in [0.1, 0.15) is 10.8 Å². The molecule has 0 bridgehead atoms. The van der Waals surface area contributed by atoms with Crippen molar-refractivity contribution in [1.82, 2.24) is 4.90 Å².